The molecule has 2 bridgehead atoms. The standard InChI is InChI=1S/C23H36FN3O/c1-22(2,16-26-12-10-25(3)11-13-26)17-27-18-8-9-19(27)15-23(28,14-18)20-6-4-5-7-21(20)24/h4-7,18-19,28H,8-17H2,1-3H3/t18-,19-/m0/s1. The number of piperidine rings is 1. The van der Waals surface area contributed by atoms with Crippen LogP contribution in [0.4, 0.5) is 4.39 Å². The number of hydrogen-bond acceptors (Lipinski definition) is 4. The molecule has 1 aromatic rings. The van der Waals surface area contributed by atoms with Crippen LogP contribution >= 0.6 is 0 Å². The zero-order valence-corrected chi connectivity index (χ0v) is 17.7. The van der Waals surface area contributed by atoms with Crippen molar-refractivity contribution in [1.29, 1.82) is 0 Å². The predicted molar refractivity (Wildman–Crippen MR) is 111 cm³/mol. The molecule has 1 N–H and O–H groups in total. The van der Waals surface area contributed by atoms with Gasteiger partial charge in [-0.05, 0) is 44.2 Å². The second-order valence-corrected chi connectivity index (χ2v) is 10.2. The third-order valence-electron chi connectivity index (χ3n) is 7.15. The number of aliphatic hydroxyl groups is 1. The van der Waals surface area contributed by atoms with Crippen molar-refractivity contribution >= 4 is 0 Å². The monoisotopic (exact) mass is 389 g/mol. The Hall–Kier alpha value is -1.01. The van der Waals surface area contributed by atoms with Crippen LogP contribution in [-0.4, -0.2) is 78.2 Å². The lowest BCUT2D eigenvalue weighted by Gasteiger charge is -2.47. The van der Waals surface area contributed by atoms with E-state index in [9.17, 15) is 9.50 Å². The van der Waals surface area contributed by atoms with Gasteiger partial charge in [0.05, 0.1) is 5.60 Å². The highest BCUT2D eigenvalue weighted by Gasteiger charge is 2.50. The molecular weight excluding hydrogens is 353 g/mol. The molecule has 28 heavy (non-hydrogen) atoms. The van der Waals surface area contributed by atoms with Crippen LogP contribution in [0, 0.1) is 11.2 Å². The van der Waals surface area contributed by atoms with Crippen LogP contribution in [0.15, 0.2) is 24.3 Å². The minimum atomic E-state index is -1.02. The van der Waals surface area contributed by atoms with Gasteiger partial charge in [-0.1, -0.05) is 32.0 Å². The first kappa shape index (κ1) is 20.3. The SMILES string of the molecule is CN1CCN(CC(C)(C)CN2[C@H]3CC[C@H]2CC(O)(c2ccccc2F)C3)CC1. The first-order chi connectivity index (χ1) is 13.3. The summed E-state index contributed by atoms with van der Waals surface area (Å²) in [7, 11) is 2.20. The van der Waals surface area contributed by atoms with Crippen LogP contribution in [-0.2, 0) is 5.60 Å². The number of halogens is 1. The third kappa shape index (κ3) is 4.13. The van der Waals surface area contributed by atoms with E-state index in [-0.39, 0.29) is 11.2 Å². The van der Waals surface area contributed by atoms with Gasteiger partial charge in [0.15, 0.2) is 0 Å². The van der Waals surface area contributed by atoms with Gasteiger partial charge in [0.25, 0.3) is 0 Å². The van der Waals surface area contributed by atoms with E-state index < -0.39 is 5.60 Å². The Balaban J connectivity index is 1.42. The molecule has 0 unspecified atom stereocenters. The van der Waals surface area contributed by atoms with Crippen LogP contribution in [0.5, 0.6) is 0 Å². The number of benzene rings is 1. The summed E-state index contributed by atoms with van der Waals surface area (Å²) in [6, 6.07) is 7.49. The minimum Gasteiger partial charge on any atom is -0.385 e. The molecule has 3 aliphatic rings. The summed E-state index contributed by atoms with van der Waals surface area (Å²) >= 11 is 0. The maximum Gasteiger partial charge on any atom is 0.129 e. The van der Waals surface area contributed by atoms with Crippen molar-refractivity contribution in [3.63, 3.8) is 0 Å². The van der Waals surface area contributed by atoms with Gasteiger partial charge in [0, 0.05) is 56.9 Å². The molecule has 4 rings (SSSR count). The number of piperazine rings is 1. The van der Waals surface area contributed by atoms with Gasteiger partial charge >= 0.3 is 0 Å². The lowest BCUT2D eigenvalue weighted by atomic mass is 9.79. The lowest BCUT2D eigenvalue weighted by Crippen LogP contribution is -2.55. The molecule has 3 aliphatic heterocycles. The summed E-state index contributed by atoms with van der Waals surface area (Å²) in [5, 5.41) is 11.3. The van der Waals surface area contributed by atoms with Crippen molar-refractivity contribution in [3.8, 4) is 0 Å². The Labute approximate surface area is 169 Å². The largest absolute Gasteiger partial charge is 0.385 e. The summed E-state index contributed by atoms with van der Waals surface area (Å²) in [6.07, 6.45) is 3.53. The molecule has 3 fully saturated rings. The van der Waals surface area contributed by atoms with Crippen LogP contribution in [0.25, 0.3) is 0 Å². The number of hydrogen-bond donors (Lipinski definition) is 1. The van der Waals surface area contributed by atoms with Gasteiger partial charge in [-0.3, -0.25) is 4.90 Å². The van der Waals surface area contributed by atoms with Crippen LogP contribution in [0.2, 0.25) is 0 Å². The summed E-state index contributed by atoms with van der Waals surface area (Å²) in [6.45, 7) is 11.5. The Morgan fingerprint density at radius 1 is 1.04 bits per heavy atom. The topological polar surface area (TPSA) is 30.0 Å². The number of nitrogens with zero attached hydrogens (tertiary/aromatic N) is 3. The van der Waals surface area contributed by atoms with Gasteiger partial charge < -0.3 is 14.9 Å². The molecule has 0 amide bonds. The molecule has 3 saturated heterocycles. The fourth-order valence-electron chi connectivity index (χ4n) is 5.79. The second kappa shape index (κ2) is 7.67. The molecule has 3 heterocycles. The molecule has 156 valence electrons. The van der Waals surface area contributed by atoms with Gasteiger partial charge in [0.1, 0.15) is 5.82 Å². The van der Waals surface area contributed by atoms with Crippen LogP contribution in [0.1, 0.15) is 45.1 Å². The molecule has 0 spiro atoms. The first-order valence-electron chi connectivity index (χ1n) is 10.9. The van der Waals surface area contributed by atoms with E-state index in [2.05, 4.69) is 35.6 Å². The van der Waals surface area contributed by atoms with Gasteiger partial charge in [-0.25, -0.2) is 4.39 Å². The van der Waals surface area contributed by atoms with Crippen molar-refractivity contribution in [3.05, 3.63) is 35.6 Å². The average molecular weight is 390 g/mol. The molecule has 0 saturated carbocycles. The van der Waals surface area contributed by atoms with Crippen molar-refractivity contribution in [2.75, 3.05) is 46.3 Å². The lowest BCUT2D eigenvalue weighted by molar-refractivity contribution is -0.0693. The molecule has 5 heteroatoms. The Kier molecular flexibility index (Phi) is 5.56. The Bertz CT molecular complexity index is 672. The van der Waals surface area contributed by atoms with E-state index in [0.717, 1.165) is 52.1 Å². The Morgan fingerprint density at radius 3 is 2.25 bits per heavy atom. The number of rotatable bonds is 5. The quantitative estimate of drug-likeness (QED) is 0.839. The molecule has 0 aliphatic carbocycles. The minimum absolute atomic E-state index is 0.213. The van der Waals surface area contributed by atoms with E-state index in [0.29, 0.717) is 30.5 Å². The normalized spacial score (nSPS) is 32.8. The van der Waals surface area contributed by atoms with Crippen LogP contribution < -0.4 is 0 Å². The van der Waals surface area contributed by atoms with Gasteiger partial charge in [-0.2, -0.15) is 0 Å². The van der Waals surface area contributed by atoms with Crippen molar-refractivity contribution in [1.82, 2.24) is 14.7 Å². The molecule has 2 atom stereocenters. The second-order valence-electron chi connectivity index (χ2n) is 10.2. The molecule has 0 aromatic heterocycles. The molecular formula is C23H36FN3O. The zero-order valence-electron chi connectivity index (χ0n) is 17.7. The maximum absolute atomic E-state index is 14.4. The molecule has 1 aromatic carbocycles. The smallest absolute Gasteiger partial charge is 0.129 e. The molecule has 4 nitrogen and oxygen atoms in total. The van der Waals surface area contributed by atoms with Crippen molar-refractivity contribution in [2.24, 2.45) is 5.41 Å². The number of fused-ring (bicyclic) bond motifs is 2. The van der Waals surface area contributed by atoms with Crippen molar-refractivity contribution < 1.29 is 9.50 Å². The highest BCUT2D eigenvalue weighted by Crippen LogP contribution is 2.47. The highest BCUT2D eigenvalue weighted by atomic mass is 19.1. The summed E-state index contributed by atoms with van der Waals surface area (Å²) in [5.74, 6) is -0.270. The van der Waals surface area contributed by atoms with Gasteiger partial charge in [0.2, 0.25) is 0 Å². The highest BCUT2D eigenvalue weighted by molar-refractivity contribution is 5.26. The summed E-state index contributed by atoms with van der Waals surface area (Å²) in [5.41, 5.74) is -0.317. The average Bonchev–Trinajstić information content (AvgIpc) is 2.87. The first-order valence-corrected chi connectivity index (χ1v) is 10.9. The van der Waals surface area contributed by atoms with E-state index in [1.807, 2.05) is 6.07 Å². The maximum atomic E-state index is 14.4. The van der Waals surface area contributed by atoms with E-state index in [1.54, 1.807) is 12.1 Å². The summed E-state index contributed by atoms with van der Waals surface area (Å²) < 4.78 is 14.4. The van der Waals surface area contributed by atoms with Gasteiger partial charge in [-0.15, -0.1) is 0 Å². The predicted octanol–water partition coefficient (Wildman–Crippen LogP) is 2.91. The molecule has 0 radical (unpaired) electrons. The van der Waals surface area contributed by atoms with E-state index in [4.69, 9.17) is 0 Å². The van der Waals surface area contributed by atoms with Crippen molar-refractivity contribution in [2.45, 2.75) is 57.2 Å². The fourth-order valence-corrected chi connectivity index (χ4v) is 5.79. The van der Waals surface area contributed by atoms with E-state index >= 15 is 0 Å². The van der Waals surface area contributed by atoms with Crippen LogP contribution in [0.3, 0.4) is 0 Å². The summed E-state index contributed by atoms with van der Waals surface area (Å²) in [4.78, 5) is 7.63. The number of likely N-dealkylation sites (N-methyl/N-ethyl adjacent to an activating group) is 1. The Morgan fingerprint density at radius 2 is 1.64 bits per heavy atom. The third-order valence-corrected chi connectivity index (χ3v) is 7.15. The van der Waals surface area contributed by atoms with E-state index in [1.165, 1.54) is 6.07 Å². The zero-order chi connectivity index (χ0) is 19.9. The fraction of sp³-hybridized carbons (Fsp3) is 0.739.